The highest BCUT2D eigenvalue weighted by atomic mass is 19.4. The molecule has 3 aliphatic carbocycles. The van der Waals surface area contributed by atoms with Gasteiger partial charge in [0.25, 0.3) is 5.91 Å². The number of likely N-dealkylation sites (N-methyl/N-ethyl adjacent to an activating group) is 1. The van der Waals surface area contributed by atoms with Crippen LogP contribution in [-0.4, -0.2) is 118 Å². The Morgan fingerprint density at radius 2 is 1.69 bits per heavy atom. The lowest BCUT2D eigenvalue weighted by Crippen LogP contribution is -2.65. The van der Waals surface area contributed by atoms with Gasteiger partial charge in [-0.3, -0.25) is 24.2 Å². The molecule has 246 valence electrons. The number of Topliss-reactive ketones (excluding diaryl/α,β-unsaturated/α-hetero) is 2. The first kappa shape index (κ1) is 32.7. The number of carbonyl (C=O) groups excluding carboxylic acids is 3. The van der Waals surface area contributed by atoms with E-state index in [0.29, 0.717) is 11.3 Å². The van der Waals surface area contributed by atoms with Gasteiger partial charge in [0.2, 0.25) is 5.78 Å². The quantitative estimate of drug-likeness (QED) is 0.252. The third kappa shape index (κ3) is 4.78. The molecule has 1 aliphatic heterocycles. The van der Waals surface area contributed by atoms with Crippen LogP contribution in [0.3, 0.4) is 0 Å². The highest BCUT2D eigenvalue weighted by Crippen LogP contribution is 2.54. The first-order valence-electron chi connectivity index (χ1n) is 14.5. The molecular formula is C30H37F3N4O8. The average Bonchev–Trinajstić information content (AvgIpc) is 2.92. The number of likely N-dealkylation sites (tertiary alicyclic amines) is 1. The van der Waals surface area contributed by atoms with Crippen LogP contribution in [0.5, 0.6) is 5.75 Å². The zero-order chi connectivity index (χ0) is 33.5. The number of phenols is 1. The number of aliphatic hydroxyl groups is 4. The molecule has 1 aromatic carbocycles. The molecule has 0 unspecified atom stereocenters. The molecule has 0 bridgehead atoms. The zero-order valence-electron chi connectivity index (χ0n) is 25.3. The van der Waals surface area contributed by atoms with Gasteiger partial charge >= 0.3 is 6.18 Å². The number of carbonyl (C=O) groups is 3. The van der Waals surface area contributed by atoms with Crippen LogP contribution < -0.4 is 10.6 Å². The Labute approximate surface area is 256 Å². The third-order valence-electron chi connectivity index (χ3n) is 9.86. The average molecular weight is 639 g/mol. The molecule has 1 heterocycles. The van der Waals surface area contributed by atoms with E-state index in [1.54, 1.807) is 30.0 Å². The summed E-state index contributed by atoms with van der Waals surface area (Å²) in [7, 11) is 6.47. The maximum absolute atomic E-state index is 14.1. The summed E-state index contributed by atoms with van der Waals surface area (Å²) in [6.45, 7) is -0.269. The van der Waals surface area contributed by atoms with Gasteiger partial charge in [-0.1, -0.05) is 0 Å². The number of rotatable bonds is 5. The Morgan fingerprint density at radius 3 is 2.20 bits per heavy atom. The van der Waals surface area contributed by atoms with Gasteiger partial charge in [-0.05, 0) is 57.3 Å². The number of nitrogens with zero attached hydrogens (tertiary/aromatic N) is 3. The number of fused-ring (bicyclic) bond motifs is 3. The van der Waals surface area contributed by atoms with E-state index in [1.807, 2.05) is 0 Å². The highest BCUT2D eigenvalue weighted by Gasteiger charge is 2.64. The van der Waals surface area contributed by atoms with E-state index < -0.39 is 88.4 Å². The van der Waals surface area contributed by atoms with E-state index in [9.17, 15) is 53.1 Å². The molecule has 12 nitrogen and oxygen atoms in total. The summed E-state index contributed by atoms with van der Waals surface area (Å²) in [5.41, 5.74) is -0.252. The van der Waals surface area contributed by atoms with E-state index in [-0.39, 0.29) is 49.2 Å². The van der Waals surface area contributed by atoms with Crippen molar-refractivity contribution >= 4 is 28.9 Å². The summed E-state index contributed by atoms with van der Waals surface area (Å²) in [5.74, 6) is -7.53. The molecule has 5 rings (SSSR count). The Hall–Kier alpha value is -3.66. The van der Waals surface area contributed by atoms with Crippen molar-refractivity contribution in [2.45, 2.75) is 55.6 Å². The lowest BCUT2D eigenvalue weighted by molar-refractivity contribution is -0.272. The number of halogens is 3. The second-order valence-corrected chi connectivity index (χ2v) is 12.9. The van der Waals surface area contributed by atoms with Crippen molar-refractivity contribution in [3.05, 3.63) is 39.7 Å². The number of alkyl halides is 3. The van der Waals surface area contributed by atoms with Crippen molar-refractivity contribution < 1.29 is 53.1 Å². The largest absolute Gasteiger partial charge is 0.508 e. The molecule has 0 radical (unpaired) electrons. The van der Waals surface area contributed by atoms with Gasteiger partial charge in [-0.15, -0.1) is 0 Å². The van der Waals surface area contributed by atoms with Crippen LogP contribution in [0.4, 0.5) is 18.9 Å². The molecule has 4 atom stereocenters. The molecule has 1 amide bonds. The predicted molar refractivity (Wildman–Crippen MR) is 154 cm³/mol. The fourth-order valence-electron chi connectivity index (χ4n) is 7.47. The van der Waals surface area contributed by atoms with Crippen molar-refractivity contribution in [1.82, 2.24) is 9.80 Å². The van der Waals surface area contributed by atoms with Crippen molar-refractivity contribution in [3.63, 3.8) is 0 Å². The van der Waals surface area contributed by atoms with Crippen molar-refractivity contribution in [2.75, 3.05) is 46.2 Å². The molecule has 1 aromatic rings. The molecule has 45 heavy (non-hydrogen) atoms. The number of aliphatic hydroxyl groups excluding tert-OH is 2. The predicted octanol–water partition coefficient (Wildman–Crippen LogP) is 0.919. The Kier molecular flexibility index (Phi) is 7.79. The molecule has 2 fully saturated rings. The molecule has 1 saturated carbocycles. The molecule has 15 heteroatoms. The Balaban J connectivity index is 1.60. The summed E-state index contributed by atoms with van der Waals surface area (Å²) in [5, 5.41) is 55.9. The normalized spacial score (nSPS) is 28.6. The molecule has 0 spiro atoms. The zero-order valence-corrected chi connectivity index (χ0v) is 25.3. The van der Waals surface area contributed by atoms with Gasteiger partial charge in [-0.25, -0.2) is 0 Å². The smallest absolute Gasteiger partial charge is 0.417 e. The second kappa shape index (κ2) is 10.7. The minimum absolute atomic E-state index is 0.0297. The molecule has 0 aromatic heterocycles. The third-order valence-corrected chi connectivity index (χ3v) is 9.86. The highest BCUT2D eigenvalue weighted by molar-refractivity contribution is 6.24. The van der Waals surface area contributed by atoms with Crippen LogP contribution in [0, 0.1) is 11.8 Å². The Bertz CT molecular complexity index is 1540. The van der Waals surface area contributed by atoms with Gasteiger partial charge in [0.05, 0.1) is 11.6 Å². The molecule has 7 N–H and O–H groups in total. The molecule has 4 aliphatic rings. The number of aromatic hydroxyl groups is 1. The lowest BCUT2D eigenvalue weighted by Gasteiger charge is -2.50. The number of hydrogen-bond donors (Lipinski definition) is 6. The number of primary amides is 1. The molecule has 1 saturated heterocycles. The van der Waals surface area contributed by atoms with Crippen molar-refractivity contribution in [2.24, 2.45) is 17.6 Å². The van der Waals surface area contributed by atoms with Gasteiger partial charge in [0, 0.05) is 56.5 Å². The monoisotopic (exact) mass is 638 g/mol. The minimum Gasteiger partial charge on any atom is -0.508 e. The van der Waals surface area contributed by atoms with Crippen LogP contribution in [-0.2, 0) is 27.3 Å². The number of ketones is 2. The first-order valence-corrected chi connectivity index (χ1v) is 14.5. The topological polar surface area (TPSA) is 188 Å². The minimum atomic E-state index is -4.78. The Morgan fingerprint density at radius 1 is 1.09 bits per heavy atom. The van der Waals surface area contributed by atoms with Crippen molar-refractivity contribution in [3.8, 4) is 5.75 Å². The number of piperidine rings is 1. The van der Waals surface area contributed by atoms with E-state index in [2.05, 4.69) is 0 Å². The maximum Gasteiger partial charge on any atom is 0.417 e. The molecular weight excluding hydrogens is 601 g/mol. The van der Waals surface area contributed by atoms with Crippen molar-refractivity contribution in [1.29, 1.82) is 0 Å². The fraction of sp³-hybridized carbons (Fsp3) is 0.567. The van der Waals surface area contributed by atoms with Crippen LogP contribution in [0.2, 0.25) is 0 Å². The standard InChI is InChI=1S/C30H37F3N4O8/c1-35(2)17-11-14(12-37-7-5-28(44,6-8-37)30(31,32)33)22(38)19-15(17)9-13-10-16-21(36(3)4)24(40)20(27(34)43)26(42)29(16,45)25(41)18(13)23(19)39/h11,13,16,21,38-39,42,44-45H,5-10,12H2,1-4H3,(H2,34,43)/t13-,16-,21-,29-/m0/s1. The van der Waals surface area contributed by atoms with Gasteiger partial charge < -0.3 is 36.2 Å². The van der Waals surface area contributed by atoms with Crippen LogP contribution in [0.25, 0.3) is 5.76 Å². The SMILES string of the molecule is CN(C)c1cc(CN2CCC(O)(C(F)(F)F)CC2)c(O)c2c1C[C@H]1C[C@H]3[C@H](N(C)C)C(=O)C(C(N)=O)=C(O)[C@@]3(O)C(=O)C1=C2O. The summed E-state index contributed by atoms with van der Waals surface area (Å²) in [4.78, 5) is 44.3. The van der Waals surface area contributed by atoms with E-state index in [0.717, 1.165) is 0 Å². The first-order chi connectivity index (χ1) is 20.8. The van der Waals surface area contributed by atoms with Crippen LogP contribution >= 0.6 is 0 Å². The van der Waals surface area contributed by atoms with E-state index >= 15 is 0 Å². The number of phenolic OH excluding ortho intramolecular Hbond substituents is 1. The van der Waals surface area contributed by atoms with Crippen LogP contribution in [0.15, 0.2) is 23.0 Å². The second-order valence-electron chi connectivity index (χ2n) is 12.9. The summed E-state index contributed by atoms with van der Waals surface area (Å²) >= 11 is 0. The number of anilines is 1. The van der Waals surface area contributed by atoms with Gasteiger partial charge in [0.1, 0.15) is 22.8 Å². The van der Waals surface area contributed by atoms with Gasteiger partial charge in [-0.2, -0.15) is 13.2 Å². The summed E-state index contributed by atoms with van der Waals surface area (Å²) < 4.78 is 40.0. The number of benzene rings is 1. The summed E-state index contributed by atoms with van der Waals surface area (Å²) in [6, 6.07) is 0.449. The number of nitrogens with two attached hydrogens (primary N) is 1. The van der Waals surface area contributed by atoms with E-state index in [1.165, 1.54) is 19.0 Å². The lowest BCUT2D eigenvalue weighted by atomic mass is 9.57. The fourth-order valence-corrected chi connectivity index (χ4v) is 7.47. The van der Waals surface area contributed by atoms with Gasteiger partial charge in [0.15, 0.2) is 17.0 Å². The number of hydrogen-bond acceptors (Lipinski definition) is 11. The van der Waals surface area contributed by atoms with E-state index in [4.69, 9.17) is 5.73 Å². The summed E-state index contributed by atoms with van der Waals surface area (Å²) in [6.07, 6.45) is -5.87. The maximum atomic E-state index is 14.1. The number of amides is 1. The van der Waals surface area contributed by atoms with Crippen LogP contribution in [0.1, 0.15) is 36.0 Å².